The number of rotatable bonds is 4. The number of nitrogens with two attached hydrogens (primary N) is 1. The number of carbonyl (C=O) groups excluding carboxylic acids is 1. The molecule has 1 rings (SSSR count). The van der Waals surface area contributed by atoms with Crippen LogP contribution in [0, 0.1) is 0 Å². The van der Waals surface area contributed by atoms with E-state index in [9.17, 15) is 4.79 Å². The van der Waals surface area contributed by atoms with Crippen LogP contribution in [0.3, 0.4) is 0 Å². The molecule has 0 saturated carbocycles. The topological polar surface area (TPSA) is 52.3 Å². The van der Waals surface area contributed by atoms with Crippen LogP contribution in [0.2, 0.25) is 0 Å². The van der Waals surface area contributed by atoms with Crippen molar-refractivity contribution in [3.05, 3.63) is 34.3 Å². The minimum absolute atomic E-state index is 0.259. The largest absolute Gasteiger partial charge is 0.459 e. The van der Waals surface area contributed by atoms with Crippen LogP contribution in [0.15, 0.2) is 28.7 Å². The van der Waals surface area contributed by atoms with Crippen molar-refractivity contribution >= 4 is 21.9 Å². The van der Waals surface area contributed by atoms with Crippen LogP contribution in [0.5, 0.6) is 0 Å². The summed E-state index contributed by atoms with van der Waals surface area (Å²) < 4.78 is 6.58. The fraction of sp³-hybridized carbons (Fsp3) is 0.562. The zero-order valence-electron chi connectivity index (χ0n) is 12.9. The molecule has 2 N–H and O–H groups in total. The van der Waals surface area contributed by atoms with Crippen LogP contribution in [0.25, 0.3) is 0 Å². The van der Waals surface area contributed by atoms with E-state index in [1.807, 2.05) is 58.9 Å². The van der Waals surface area contributed by atoms with Crippen LogP contribution >= 0.6 is 15.9 Å². The molecule has 0 amide bonds. The van der Waals surface area contributed by atoms with Crippen molar-refractivity contribution in [2.75, 3.05) is 0 Å². The van der Waals surface area contributed by atoms with Gasteiger partial charge >= 0.3 is 5.97 Å². The van der Waals surface area contributed by atoms with Gasteiger partial charge < -0.3 is 10.5 Å². The predicted octanol–water partition coefficient (Wildman–Crippen LogP) is 3.79. The van der Waals surface area contributed by atoms with E-state index < -0.39 is 11.0 Å². The van der Waals surface area contributed by atoms with Gasteiger partial charge in [-0.3, -0.25) is 4.79 Å². The molecular formula is C16H24BrNO2. The zero-order valence-corrected chi connectivity index (χ0v) is 14.5. The van der Waals surface area contributed by atoms with Gasteiger partial charge in [0.25, 0.3) is 0 Å². The minimum atomic E-state index is -0.812. The van der Waals surface area contributed by atoms with Gasteiger partial charge in [-0.05, 0) is 51.8 Å². The summed E-state index contributed by atoms with van der Waals surface area (Å²) in [5.41, 5.74) is 5.72. The number of hydrogen-bond acceptors (Lipinski definition) is 3. The van der Waals surface area contributed by atoms with E-state index in [2.05, 4.69) is 15.9 Å². The summed E-state index contributed by atoms with van der Waals surface area (Å²) in [4.78, 5) is 12.7. The van der Waals surface area contributed by atoms with Crippen molar-refractivity contribution in [1.82, 2.24) is 0 Å². The first-order chi connectivity index (χ1) is 9.13. The highest BCUT2D eigenvalue weighted by Crippen LogP contribution is 2.34. The third-order valence-electron chi connectivity index (χ3n) is 3.46. The molecule has 0 aromatic heterocycles. The summed E-state index contributed by atoms with van der Waals surface area (Å²) in [6.07, 6.45) is 0.598. The number of esters is 1. The Hall–Kier alpha value is -0.870. The van der Waals surface area contributed by atoms with E-state index in [1.165, 1.54) is 0 Å². The smallest absolute Gasteiger partial charge is 0.318 e. The molecule has 1 aromatic carbocycles. The Morgan fingerprint density at radius 2 is 1.80 bits per heavy atom. The first-order valence-electron chi connectivity index (χ1n) is 6.88. The number of ether oxygens (including phenoxy) is 1. The summed E-state index contributed by atoms with van der Waals surface area (Å²) in [6, 6.07) is 7.38. The molecule has 0 fully saturated rings. The van der Waals surface area contributed by atoms with E-state index in [1.54, 1.807) is 0 Å². The van der Waals surface area contributed by atoms with Gasteiger partial charge in [-0.15, -0.1) is 0 Å². The second-order valence-corrected chi connectivity index (χ2v) is 7.04. The lowest BCUT2D eigenvalue weighted by Crippen LogP contribution is -2.51. The standard InChI is InChI=1S/C16H24BrNO2/c1-6-16(11(2)18,14(19)20-15(3,4)5)12-7-9-13(17)10-8-12/h7-11H,6,18H2,1-5H3. The third kappa shape index (κ3) is 3.61. The fourth-order valence-electron chi connectivity index (χ4n) is 2.35. The SMILES string of the molecule is CCC(C(=O)OC(C)(C)C)(c1ccc(Br)cc1)C(C)N. The van der Waals surface area contributed by atoms with Gasteiger partial charge in [0, 0.05) is 10.5 Å². The number of benzene rings is 1. The van der Waals surface area contributed by atoms with E-state index >= 15 is 0 Å². The predicted molar refractivity (Wildman–Crippen MR) is 85.6 cm³/mol. The van der Waals surface area contributed by atoms with E-state index in [0.29, 0.717) is 6.42 Å². The lowest BCUT2D eigenvalue weighted by atomic mass is 9.73. The Labute approximate surface area is 130 Å². The van der Waals surface area contributed by atoms with Crippen LogP contribution in [0.4, 0.5) is 0 Å². The fourth-order valence-corrected chi connectivity index (χ4v) is 2.62. The molecule has 2 unspecified atom stereocenters. The monoisotopic (exact) mass is 341 g/mol. The summed E-state index contributed by atoms with van der Waals surface area (Å²) in [6.45, 7) is 9.43. The van der Waals surface area contributed by atoms with Crippen molar-refractivity contribution in [1.29, 1.82) is 0 Å². The van der Waals surface area contributed by atoms with E-state index in [4.69, 9.17) is 10.5 Å². The molecule has 112 valence electrons. The summed E-state index contributed by atoms with van der Waals surface area (Å²) >= 11 is 3.41. The molecular weight excluding hydrogens is 318 g/mol. The molecule has 0 aliphatic heterocycles. The molecule has 0 aliphatic carbocycles. The molecule has 2 atom stereocenters. The highest BCUT2D eigenvalue weighted by atomic mass is 79.9. The molecule has 0 heterocycles. The number of hydrogen-bond donors (Lipinski definition) is 1. The molecule has 0 bridgehead atoms. The molecule has 0 saturated heterocycles. The Bertz CT molecular complexity index is 462. The number of carbonyl (C=O) groups is 1. The van der Waals surface area contributed by atoms with Crippen molar-refractivity contribution in [2.45, 2.75) is 58.1 Å². The van der Waals surface area contributed by atoms with Gasteiger partial charge in [-0.25, -0.2) is 0 Å². The lowest BCUT2D eigenvalue weighted by molar-refractivity contribution is -0.163. The second-order valence-electron chi connectivity index (χ2n) is 6.12. The highest BCUT2D eigenvalue weighted by molar-refractivity contribution is 9.10. The molecule has 0 radical (unpaired) electrons. The first-order valence-corrected chi connectivity index (χ1v) is 7.68. The second kappa shape index (κ2) is 6.27. The van der Waals surface area contributed by atoms with Gasteiger partial charge in [-0.2, -0.15) is 0 Å². The molecule has 0 aliphatic rings. The van der Waals surface area contributed by atoms with Crippen molar-refractivity contribution in [3.8, 4) is 0 Å². The van der Waals surface area contributed by atoms with Crippen LogP contribution in [-0.4, -0.2) is 17.6 Å². The summed E-state index contributed by atoms with van der Waals surface area (Å²) in [7, 11) is 0. The van der Waals surface area contributed by atoms with E-state index in [-0.39, 0.29) is 12.0 Å². The maximum atomic E-state index is 12.7. The summed E-state index contributed by atoms with van der Waals surface area (Å²) in [5, 5.41) is 0. The Kier molecular flexibility index (Phi) is 5.39. The lowest BCUT2D eigenvalue weighted by Gasteiger charge is -2.37. The Morgan fingerprint density at radius 1 is 1.30 bits per heavy atom. The quantitative estimate of drug-likeness (QED) is 0.847. The Morgan fingerprint density at radius 3 is 2.15 bits per heavy atom. The van der Waals surface area contributed by atoms with Crippen molar-refractivity contribution in [2.24, 2.45) is 5.73 Å². The number of halogens is 1. The van der Waals surface area contributed by atoms with Crippen molar-refractivity contribution < 1.29 is 9.53 Å². The molecule has 0 spiro atoms. The van der Waals surface area contributed by atoms with Gasteiger partial charge in [0.05, 0.1) is 0 Å². The maximum absolute atomic E-state index is 12.7. The maximum Gasteiger partial charge on any atom is 0.318 e. The average Bonchev–Trinajstić information content (AvgIpc) is 2.30. The van der Waals surface area contributed by atoms with E-state index in [0.717, 1.165) is 10.0 Å². The molecule has 1 aromatic rings. The average molecular weight is 342 g/mol. The van der Waals surface area contributed by atoms with Crippen LogP contribution in [0.1, 0.15) is 46.6 Å². The zero-order chi connectivity index (χ0) is 15.6. The first kappa shape index (κ1) is 17.2. The van der Waals surface area contributed by atoms with Crippen LogP contribution < -0.4 is 5.73 Å². The van der Waals surface area contributed by atoms with Gasteiger partial charge in [0.15, 0.2) is 0 Å². The third-order valence-corrected chi connectivity index (χ3v) is 3.99. The van der Waals surface area contributed by atoms with Crippen LogP contribution in [-0.2, 0) is 14.9 Å². The highest BCUT2D eigenvalue weighted by Gasteiger charge is 2.45. The molecule has 3 nitrogen and oxygen atoms in total. The summed E-state index contributed by atoms with van der Waals surface area (Å²) in [5.74, 6) is -0.259. The van der Waals surface area contributed by atoms with Gasteiger partial charge in [0.1, 0.15) is 11.0 Å². The Balaban J connectivity index is 3.29. The molecule has 20 heavy (non-hydrogen) atoms. The van der Waals surface area contributed by atoms with Crippen molar-refractivity contribution in [3.63, 3.8) is 0 Å². The normalized spacial score (nSPS) is 16.4. The van der Waals surface area contributed by atoms with Gasteiger partial charge in [-0.1, -0.05) is 35.0 Å². The minimum Gasteiger partial charge on any atom is -0.459 e. The van der Waals surface area contributed by atoms with Gasteiger partial charge in [0.2, 0.25) is 0 Å². The molecule has 4 heteroatoms.